The molecule has 0 saturated carbocycles. The molecule has 0 fully saturated rings. The van der Waals surface area contributed by atoms with E-state index in [1.54, 1.807) is 0 Å². The van der Waals surface area contributed by atoms with Crippen molar-refractivity contribution >= 4 is 8.07 Å². The third kappa shape index (κ3) is 147. The first-order valence-corrected chi connectivity index (χ1v) is 5.56. The van der Waals surface area contributed by atoms with Gasteiger partial charge in [-0.2, -0.15) is 0 Å². The molecule has 0 aliphatic rings. The minimum atomic E-state index is -0.861. The minimum Gasteiger partial charge on any atom is -1.00 e. The van der Waals surface area contributed by atoms with Gasteiger partial charge in [0.2, 0.25) is 0 Å². The average molecular weight is 188 g/mol. The summed E-state index contributed by atoms with van der Waals surface area (Å²) in [6.45, 7) is 10.6. The molecule has 0 heterocycles. The average Bonchev–Trinajstić information content (AvgIpc) is 0.722. The summed E-state index contributed by atoms with van der Waals surface area (Å²) in [7, 11) is -0.861. The van der Waals surface area contributed by atoms with E-state index in [9.17, 15) is 0 Å². The first-order chi connectivity index (χ1) is 2.00. The molecular weight excluding hydrogens is 177 g/mol. The molecule has 0 unspecified atom stereocenters. The molecule has 0 radical (unpaired) electrons. The van der Waals surface area contributed by atoms with Gasteiger partial charge in [0.25, 0.3) is 0 Å². The Morgan fingerprint density at radius 1 is 1.14 bits per heavy atom. The van der Waals surface area contributed by atoms with Gasteiger partial charge in [-0.25, -0.2) is 0 Å². The van der Waals surface area contributed by atoms with Gasteiger partial charge in [-0.05, 0) is 0 Å². The first kappa shape index (κ1) is 15.7. The summed E-state index contributed by atoms with van der Waals surface area (Å²) in [5.74, 6) is 0. The molecule has 0 aromatic carbocycles. The van der Waals surface area contributed by atoms with E-state index in [2.05, 4.69) is 26.2 Å². The number of rotatable bonds is 0. The first-order valence-electron chi connectivity index (χ1n) is 1.85. The molecule has 40 valence electrons. The van der Waals surface area contributed by atoms with Crippen LogP contribution in [0, 0.1) is 6.55 Å². The predicted molar refractivity (Wildman–Crippen MR) is 28.7 cm³/mol. The minimum absolute atomic E-state index is 0. The van der Waals surface area contributed by atoms with Crippen molar-refractivity contribution in [2.45, 2.75) is 19.6 Å². The molecule has 0 nitrogen and oxygen atoms in total. The standard InChI is InChI=1S/C4H11Si.ClH.Zn/c1-5(2,3)4;;/h1H2,2-4H3;1H;/q-1;;+2/p-1. The third-order valence-electron chi connectivity index (χ3n) is 0. The summed E-state index contributed by atoms with van der Waals surface area (Å²) >= 11 is 0. The summed E-state index contributed by atoms with van der Waals surface area (Å²) in [6.07, 6.45) is 0. The van der Waals surface area contributed by atoms with Crippen LogP contribution in [0.3, 0.4) is 0 Å². The third-order valence-corrected chi connectivity index (χ3v) is 0. The van der Waals surface area contributed by atoms with Gasteiger partial charge in [0, 0.05) is 0 Å². The maximum absolute atomic E-state index is 3.91. The zero-order valence-corrected chi connectivity index (χ0v) is 10.0. The molecule has 0 atom stereocenters. The van der Waals surface area contributed by atoms with Crippen molar-refractivity contribution in [1.29, 1.82) is 0 Å². The van der Waals surface area contributed by atoms with Crippen LogP contribution in [0.5, 0.6) is 0 Å². The summed E-state index contributed by atoms with van der Waals surface area (Å²) in [5.41, 5.74) is 0. The second kappa shape index (κ2) is 5.27. The van der Waals surface area contributed by atoms with E-state index in [0.717, 1.165) is 0 Å². The van der Waals surface area contributed by atoms with Gasteiger partial charge in [-0.1, -0.05) is 19.6 Å². The van der Waals surface area contributed by atoms with E-state index in [-0.39, 0.29) is 31.9 Å². The van der Waals surface area contributed by atoms with E-state index < -0.39 is 8.07 Å². The molecule has 0 N–H and O–H groups in total. The van der Waals surface area contributed by atoms with Crippen LogP contribution >= 0.6 is 0 Å². The van der Waals surface area contributed by atoms with Gasteiger partial charge in [0.1, 0.15) is 0 Å². The molecule has 0 aliphatic carbocycles. The van der Waals surface area contributed by atoms with Crippen LogP contribution < -0.4 is 12.4 Å². The van der Waals surface area contributed by atoms with Crippen LogP contribution in [0.25, 0.3) is 0 Å². The summed E-state index contributed by atoms with van der Waals surface area (Å²) < 4.78 is 0. The van der Waals surface area contributed by atoms with Crippen LogP contribution in [-0.2, 0) is 19.5 Å². The molecule has 0 spiro atoms. The predicted octanol–water partition coefficient (Wildman–Crippen LogP) is -1.30. The van der Waals surface area contributed by atoms with Crippen molar-refractivity contribution in [3.05, 3.63) is 6.55 Å². The van der Waals surface area contributed by atoms with Crippen LogP contribution in [0.4, 0.5) is 0 Å². The number of hydrogen-bond acceptors (Lipinski definition) is 0. The molecule has 7 heavy (non-hydrogen) atoms. The van der Waals surface area contributed by atoms with Crippen LogP contribution in [0.15, 0.2) is 0 Å². The molecular formula is C4H11ClSiZn. The zero-order chi connectivity index (χ0) is 4.50. The SMILES string of the molecule is [CH2-][Si](C)(C)C.[Cl-].[Zn+2]. The van der Waals surface area contributed by atoms with Crippen molar-refractivity contribution in [2.24, 2.45) is 0 Å². The molecule has 0 aliphatic heterocycles. The van der Waals surface area contributed by atoms with E-state index in [1.807, 2.05) is 0 Å². The van der Waals surface area contributed by atoms with Crippen molar-refractivity contribution in [3.8, 4) is 0 Å². The largest absolute Gasteiger partial charge is 2.00 e. The fourth-order valence-corrected chi connectivity index (χ4v) is 0. The van der Waals surface area contributed by atoms with E-state index in [4.69, 9.17) is 0 Å². The quantitative estimate of drug-likeness (QED) is 0.327. The fourth-order valence-electron chi connectivity index (χ4n) is 0. The van der Waals surface area contributed by atoms with Gasteiger partial charge in [-0.3, -0.25) is 0 Å². The van der Waals surface area contributed by atoms with Gasteiger partial charge in [-0.15, -0.1) is 8.07 Å². The van der Waals surface area contributed by atoms with Crippen LogP contribution in [-0.4, -0.2) is 8.07 Å². The second-order valence-corrected chi connectivity index (χ2v) is 7.68. The van der Waals surface area contributed by atoms with Crippen LogP contribution in [0.1, 0.15) is 0 Å². The molecule has 0 aromatic heterocycles. The molecule has 0 rings (SSSR count). The normalized spacial score (nSPS) is 8.57. The van der Waals surface area contributed by atoms with Crippen LogP contribution in [0.2, 0.25) is 19.6 Å². The molecule has 3 heteroatoms. The number of halogens is 1. The van der Waals surface area contributed by atoms with Gasteiger partial charge in [0.05, 0.1) is 0 Å². The molecule has 0 saturated heterocycles. The fraction of sp³-hybridized carbons (Fsp3) is 0.750. The number of hydrogen-bond donors (Lipinski definition) is 0. The van der Waals surface area contributed by atoms with Gasteiger partial charge >= 0.3 is 19.5 Å². The molecule has 0 bridgehead atoms. The summed E-state index contributed by atoms with van der Waals surface area (Å²) in [6, 6.07) is 0. The van der Waals surface area contributed by atoms with Gasteiger partial charge in [0.15, 0.2) is 0 Å². The monoisotopic (exact) mass is 186 g/mol. The van der Waals surface area contributed by atoms with Crippen molar-refractivity contribution in [1.82, 2.24) is 0 Å². The maximum atomic E-state index is 3.91. The van der Waals surface area contributed by atoms with E-state index in [1.165, 1.54) is 0 Å². The Hall–Kier alpha value is 1.13. The zero-order valence-electron chi connectivity index (χ0n) is 5.29. The van der Waals surface area contributed by atoms with Crippen molar-refractivity contribution in [3.63, 3.8) is 0 Å². The maximum Gasteiger partial charge on any atom is 2.00 e. The van der Waals surface area contributed by atoms with Gasteiger partial charge < -0.3 is 19.0 Å². The summed E-state index contributed by atoms with van der Waals surface area (Å²) in [5, 5.41) is 0. The Bertz CT molecular complexity index is 27.2. The Morgan fingerprint density at radius 2 is 1.14 bits per heavy atom. The van der Waals surface area contributed by atoms with Crippen molar-refractivity contribution < 1.29 is 31.9 Å². The molecule has 0 aromatic rings. The molecule has 0 amide bonds. The van der Waals surface area contributed by atoms with E-state index in [0.29, 0.717) is 0 Å². The smallest absolute Gasteiger partial charge is 1.00 e. The van der Waals surface area contributed by atoms with E-state index >= 15 is 0 Å². The Balaban J connectivity index is -0.0000000800. The van der Waals surface area contributed by atoms with Crippen molar-refractivity contribution in [2.75, 3.05) is 0 Å². The second-order valence-electron chi connectivity index (χ2n) is 2.56. The summed E-state index contributed by atoms with van der Waals surface area (Å²) in [4.78, 5) is 0. The topological polar surface area (TPSA) is 0 Å². The Kier molecular flexibility index (Phi) is 11.8. The Morgan fingerprint density at radius 3 is 1.14 bits per heavy atom. The Labute approximate surface area is 66.3 Å².